The Morgan fingerprint density at radius 1 is 1.30 bits per heavy atom. The Labute approximate surface area is 186 Å². The second kappa shape index (κ2) is 10.3. The molecule has 3 aromatic heterocycles. The summed E-state index contributed by atoms with van der Waals surface area (Å²) in [6, 6.07) is 5.66. The molecule has 1 aliphatic heterocycles. The van der Waals surface area contributed by atoms with Crippen molar-refractivity contribution < 1.29 is 32.3 Å². The number of fused-ring (bicyclic) bond motifs is 1. The van der Waals surface area contributed by atoms with Gasteiger partial charge in [-0.1, -0.05) is 0 Å². The number of hydrogen-bond donors (Lipinski definition) is 2. The molecule has 3 aromatic rings. The van der Waals surface area contributed by atoms with Crippen molar-refractivity contribution >= 4 is 11.9 Å². The minimum absolute atomic E-state index is 0.182. The molecule has 1 amide bonds. The van der Waals surface area contributed by atoms with Gasteiger partial charge in [0.2, 0.25) is 0 Å². The molecular formula is C20H23F3N6O4. The normalized spacial score (nSPS) is 15.9. The van der Waals surface area contributed by atoms with Gasteiger partial charge in [0.15, 0.2) is 5.76 Å². The molecule has 13 heteroatoms. The number of nitrogens with zero attached hydrogens (tertiary/aromatic N) is 5. The number of halogens is 3. The molecule has 1 unspecified atom stereocenters. The number of alkyl halides is 3. The lowest BCUT2D eigenvalue weighted by Crippen LogP contribution is -2.38. The number of hydrogen-bond acceptors (Lipinski definition) is 6. The van der Waals surface area contributed by atoms with Gasteiger partial charge in [0.25, 0.3) is 5.91 Å². The van der Waals surface area contributed by atoms with Crippen LogP contribution in [0.15, 0.2) is 47.5 Å². The van der Waals surface area contributed by atoms with Crippen molar-refractivity contribution in [3.05, 3.63) is 60.1 Å². The Morgan fingerprint density at radius 2 is 2.06 bits per heavy atom. The van der Waals surface area contributed by atoms with E-state index in [1.54, 1.807) is 12.1 Å². The lowest BCUT2D eigenvalue weighted by Gasteiger charge is -2.33. The maximum Gasteiger partial charge on any atom is 0.490 e. The predicted molar refractivity (Wildman–Crippen MR) is 108 cm³/mol. The topological polar surface area (TPSA) is 118 Å². The quantitative estimate of drug-likeness (QED) is 0.570. The molecule has 0 saturated heterocycles. The summed E-state index contributed by atoms with van der Waals surface area (Å²) >= 11 is 0. The van der Waals surface area contributed by atoms with Crippen LogP contribution in [0, 0.1) is 0 Å². The van der Waals surface area contributed by atoms with Gasteiger partial charge in [-0.05, 0) is 24.6 Å². The van der Waals surface area contributed by atoms with Gasteiger partial charge in [0.05, 0.1) is 24.2 Å². The number of nitrogens with one attached hydrogen (secondary N) is 1. The number of aromatic nitrogens is 4. The van der Waals surface area contributed by atoms with Crippen LogP contribution in [0.3, 0.4) is 0 Å². The molecular weight excluding hydrogens is 445 g/mol. The second-order valence-corrected chi connectivity index (χ2v) is 7.44. The Kier molecular flexibility index (Phi) is 7.53. The zero-order valence-electron chi connectivity index (χ0n) is 17.7. The molecule has 0 saturated carbocycles. The number of furan rings is 1. The number of carboxylic acids is 1. The zero-order valence-corrected chi connectivity index (χ0v) is 17.7. The Balaban J connectivity index is 0.000000383. The van der Waals surface area contributed by atoms with Crippen LogP contribution in [0.25, 0.3) is 0 Å². The van der Waals surface area contributed by atoms with E-state index in [9.17, 15) is 18.0 Å². The molecule has 33 heavy (non-hydrogen) atoms. The summed E-state index contributed by atoms with van der Waals surface area (Å²) in [5.41, 5.74) is 2.40. The Morgan fingerprint density at radius 3 is 2.67 bits per heavy atom. The fourth-order valence-corrected chi connectivity index (χ4v) is 3.46. The van der Waals surface area contributed by atoms with Gasteiger partial charge in [0, 0.05) is 51.2 Å². The fourth-order valence-electron chi connectivity index (χ4n) is 3.46. The highest BCUT2D eigenvalue weighted by Crippen LogP contribution is 2.24. The molecule has 0 spiro atoms. The molecule has 10 nitrogen and oxygen atoms in total. The summed E-state index contributed by atoms with van der Waals surface area (Å²) in [5.74, 6) is -2.60. The maximum atomic E-state index is 12.0. The van der Waals surface area contributed by atoms with Crippen LogP contribution in [0.1, 0.15) is 34.3 Å². The summed E-state index contributed by atoms with van der Waals surface area (Å²) in [7, 11) is 1.93. The summed E-state index contributed by atoms with van der Waals surface area (Å²) in [6.07, 6.45) is 3.03. The second-order valence-electron chi connectivity index (χ2n) is 7.44. The third-order valence-electron chi connectivity index (χ3n) is 4.87. The molecule has 1 atom stereocenters. The molecule has 0 aromatic carbocycles. The molecule has 178 valence electrons. The highest BCUT2D eigenvalue weighted by molar-refractivity contribution is 5.91. The fraction of sp³-hybridized carbons (Fsp3) is 0.400. The summed E-state index contributed by atoms with van der Waals surface area (Å²) < 4.78 is 40.8. The van der Waals surface area contributed by atoms with Crippen molar-refractivity contribution in [2.24, 2.45) is 7.05 Å². The molecule has 0 aliphatic carbocycles. The van der Waals surface area contributed by atoms with Crippen molar-refractivity contribution in [1.29, 1.82) is 0 Å². The summed E-state index contributed by atoms with van der Waals surface area (Å²) in [6.45, 7) is 3.18. The van der Waals surface area contributed by atoms with E-state index < -0.39 is 12.1 Å². The van der Waals surface area contributed by atoms with E-state index in [0.29, 0.717) is 12.3 Å². The monoisotopic (exact) mass is 468 g/mol. The minimum Gasteiger partial charge on any atom is -0.475 e. The molecule has 4 heterocycles. The maximum absolute atomic E-state index is 12.0. The first kappa shape index (κ1) is 24.0. The highest BCUT2D eigenvalue weighted by atomic mass is 19.4. The number of aryl methyl sites for hydroxylation is 1. The van der Waals surface area contributed by atoms with Gasteiger partial charge in [-0.3, -0.25) is 19.1 Å². The smallest absolute Gasteiger partial charge is 0.475 e. The summed E-state index contributed by atoms with van der Waals surface area (Å²) in [5, 5.41) is 18.8. The van der Waals surface area contributed by atoms with E-state index in [1.807, 2.05) is 30.3 Å². The molecule has 4 rings (SSSR count). The van der Waals surface area contributed by atoms with Crippen molar-refractivity contribution in [2.75, 3.05) is 13.1 Å². The van der Waals surface area contributed by atoms with Crippen molar-refractivity contribution in [2.45, 2.75) is 31.7 Å². The van der Waals surface area contributed by atoms with Crippen LogP contribution < -0.4 is 5.32 Å². The third kappa shape index (κ3) is 6.68. The number of carboxylic acid groups (broad SMARTS) is 1. The van der Waals surface area contributed by atoms with Gasteiger partial charge in [-0.25, -0.2) is 4.79 Å². The predicted octanol–water partition coefficient (Wildman–Crippen LogP) is 2.22. The van der Waals surface area contributed by atoms with Crippen LogP contribution in [-0.4, -0.2) is 60.7 Å². The number of aliphatic carboxylic acids is 1. The van der Waals surface area contributed by atoms with Gasteiger partial charge in [0.1, 0.15) is 0 Å². The van der Waals surface area contributed by atoms with E-state index >= 15 is 0 Å². The van der Waals surface area contributed by atoms with E-state index in [1.165, 1.54) is 17.5 Å². The van der Waals surface area contributed by atoms with Crippen molar-refractivity contribution in [3.8, 4) is 0 Å². The first-order valence-corrected chi connectivity index (χ1v) is 9.97. The third-order valence-corrected chi connectivity index (χ3v) is 4.87. The van der Waals surface area contributed by atoms with Crippen LogP contribution in [-0.2, 0) is 24.9 Å². The largest absolute Gasteiger partial charge is 0.490 e. The van der Waals surface area contributed by atoms with E-state index in [-0.39, 0.29) is 11.9 Å². The number of amides is 1. The van der Waals surface area contributed by atoms with Crippen molar-refractivity contribution in [1.82, 2.24) is 29.8 Å². The van der Waals surface area contributed by atoms with E-state index in [4.69, 9.17) is 14.3 Å². The lowest BCUT2D eigenvalue weighted by atomic mass is 10.1. The lowest BCUT2D eigenvalue weighted by molar-refractivity contribution is -0.192. The van der Waals surface area contributed by atoms with Gasteiger partial charge in [-0.2, -0.15) is 23.4 Å². The van der Waals surface area contributed by atoms with Crippen molar-refractivity contribution in [3.63, 3.8) is 0 Å². The van der Waals surface area contributed by atoms with E-state index in [2.05, 4.69) is 31.2 Å². The molecule has 0 bridgehead atoms. The molecule has 1 aliphatic rings. The Hall–Kier alpha value is -3.61. The number of rotatable bonds is 6. The average Bonchev–Trinajstić information content (AvgIpc) is 3.49. The zero-order chi connectivity index (χ0) is 24.0. The van der Waals surface area contributed by atoms with Crippen LogP contribution in [0.5, 0.6) is 0 Å². The standard InChI is InChI=1S/C18H22N6O2.C2HF3O2/c1-22-10-14(9-21-22)11-23-12-15(24-16(13-23)5-7-20-24)4-6-19-18(25)17-3-2-8-26-17;3-2(4,5)1(6)7/h2-3,5,7-10,15H,4,6,11-13H2,1H3,(H,19,25);(H,6,7). The van der Waals surface area contributed by atoms with E-state index in [0.717, 1.165) is 26.1 Å². The van der Waals surface area contributed by atoms with Gasteiger partial charge < -0.3 is 14.8 Å². The van der Waals surface area contributed by atoms with Crippen LogP contribution in [0.2, 0.25) is 0 Å². The number of carbonyl (C=O) groups is 2. The van der Waals surface area contributed by atoms with Gasteiger partial charge >= 0.3 is 12.1 Å². The first-order valence-electron chi connectivity index (χ1n) is 9.97. The molecule has 2 N–H and O–H groups in total. The Bertz CT molecular complexity index is 1060. The average molecular weight is 468 g/mol. The number of carbonyl (C=O) groups excluding carboxylic acids is 1. The molecule has 0 fully saturated rings. The van der Waals surface area contributed by atoms with Crippen LogP contribution in [0.4, 0.5) is 13.2 Å². The summed E-state index contributed by atoms with van der Waals surface area (Å²) in [4.78, 5) is 23.3. The highest BCUT2D eigenvalue weighted by Gasteiger charge is 2.38. The molecule has 0 radical (unpaired) electrons. The first-order chi connectivity index (χ1) is 15.6. The van der Waals surface area contributed by atoms with Gasteiger partial charge in [-0.15, -0.1) is 0 Å². The minimum atomic E-state index is -5.08. The SMILES string of the molecule is Cn1cc(CN2Cc3ccnn3C(CCNC(=O)c3ccco3)C2)cn1.O=C(O)C(F)(F)F. The van der Waals surface area contributed by atoms with Crippen LogP contribution >= 0.6 is 0 Å².